The van der Waals surface area contributed by atoms with Gasteiger partial charge in [0, 0.05) is 11.5 Å². The molecule has 0 radical (unpaired) electrons. The molecule has 2 aromatic rings. The smallest absolute Gasteiger partial charge is 0.230 e. The van der Waals surface area contributed by atoms with Crippen LogP contribution < -0.4 is 10.1 Å². The molecule has 1 aromatic heterocycles. The van der Waals surface area contributed by atoms with E-state index in [9.17, 15) is 4.79 Å². The minimum Gasteiger partial charge on any atom is -0.439 e. The van der Waals surface area contributed by atoms with E-state index in [1.165, 1.54) is 5.56 Å². The van der Waals surface area contributed by atoms with Crippen LogP contribution in [0.2, 0.25) is 0 Å². The number of ether oxygens (including phenoxy) is 1. The maximum absolute atomic E-state index is 12.1. The molecule has 22 heavy (non-hydrogen) atoms. The van der Waals surface area contributed by atoms with Gasteiger partial charge < -0.3 is 10.1 Å². The summed E-state index contributed by atoms with van der Waals surface area (Å²) in [7, 11) is 0. The predicted molar refractivity (Wildman–Crippen MR) is 88.2 cm³/mol. The number of carbonyl (C=O) groups excluding carboxylic acids is 1. The number of pyridine rings is 1. The number of anilines is 1. The fourth-order valence-corrected chi connectivity index (χ4v) is 1.70. The van der Waals surface area contributed by atoms with Crippen LogP contribution in [0.4, 0.5) is 5.69 Å². The summed E-state index contributed by atoms with van der Waals surface area (Å²) in [6, 6.07) is 11.3. The first-order valence-corrected chi connectivity index (χ1v) is 7.43. The van der Waals surface area contributed by atoms with E-state index in [4.69, 9.17) is 4.74 Å². The maximum atomic E-state index is 12.1. The van der Waals surface area contributed by atoms with Crippen molar-refractivity contribution in [2.75, 3.05) is 5.32 Å². The Hall–Kier alpha value is -2.36. The van der Waals surface area contributed by atoms with Gasteiger partial charge in [0.05, 0.1) is 11.9 Å². The van der Waals surface area contributed by atoms with E-state index < -0.39 is 5.41 Å². The molecule has 0 spiro atoms. The maximum Gasteiger partial charge on any atom is 0.230 e. The van der Waals surface area contributed by atoms with Crippen molar-refractivity contribution in [3.63, 3.8) is 0 Å². The second-order valence-corrected chi connectivity index (χ2v) is 5.99. The third-order valence-corrected chi connectivity index (χ3v) is 3.74. The van der Waals surface area contributed by atoms with E-state index in [1.807, 2.05) is 52.0 Å². The number of carbonyl (C=O) groups is 1. The van der Waals surface area contributed by atoms with Crippen molar-refractivity contribution in [3.05, 3.63) is 48.2 Å². The molecule has 1 amide bonds. The quantitative estimate of drug-likeness (QED) is 0.880. The Morgan fingerprint density at radius 1 is 1.18 bits per heavy atom. The summed E-state index contributed by atoms with van der Waals surface area (Å²) in [6.45, 7) is 7.86. The Morgan fingerprint density at radius 2 is 1.86 bits per heavy atom. The molecule has 116 valence electrons. The lowest BCUT2D eigenvalue weighted by Gasteiger charge is -2.21. The van der Waals surface area contributed by atoms with Crippen molar-refractivity contribution in [1.29, 1.82) is 0 Å². The van der Waals surface area contributed by atoms with E-state index in [0.717, 1.165) is 12.2 Å². The predicted octanol–water partition coefficient (Wildman–Crippen LogP) is 4.56. The monoisotopic (exact) mass is 298 g/mol. The molecule has 1 N–H and O–H groups in total. The Kier molecular flexibility index (Phi) is 4.81. The van der Waals surface area contributed by atoms with Crippen molar-refractivity contribution < 1.29 is 9.53 Å². The van der Waals surface area contributed by atoms with Crippen LogP contribution in [0.15, 0.2) is 42.6 Å². The normalized spacial score (nSPS) is 11.1. The van der Waals surface area contributed by atoms with Crippen LogP contribution in [0.5, 0.6) is 11.6 Å². The molecule has 0 unspecified atom stereocenters. The second kappa shape index (κ2) is 6.60. The van der Waals surface area contributed by atoms with Gasteiger partial charge in [-0.25, -0.2) is 4.98 Å². The zero-order valence-corrected chi connectivity index (χ0v) is 13.5. The number of nitrogens with one attached hydrogen (secondary N) is 1. The van der Waals surface area contributed by atoms with Gasteiger partial charge in [0.25, 0.3) is 0 Å². The first-order chi connectivity index (χ1) is 10.4. The molecular weight excluding hydrogens is 276 g/mol. The molecule has 4 heteroatoms. The lowest BCUT2D eigenvalue weighted by Crippen LogP contribution is -2.29. The van der Waals surface area contributed by atoms with Crippen molar-refractivity contribution in [1.82, 2.24) is 4.98 Å². The fourth-order valence-electron chi connectivity index (χ4n) is 1.70. The van der Waals surface area contributed by atoms with Gasteiger partial charge in [-0.3, -0.25) is 4.79 Å². The largest absolute Gasteiger partial charge is 0.439 e. The third-order valence-electron chi connectivity index (χ3n) is 3.74. The van der Waals surface area contributed by atoms with E-state index in [2.05, 4.69) is 10.3 Å². The summed E-state index contributed by atoms with van der Waals surface area (Å²) in [5.41, 5.74) is 1.46. The highest BCUT2D eigenvalue weighted by molar-refractivity contribution is 5.94. The van der Waals surface area contributed by atoms with Gasteiger partial charge in [0.1, 0.15) is 5.75 Å². The zero-order valence-electron chi connectivity index (χ0n) is 13.5. The molecule has 0 atom stereocenters. The van der Waals surface area contributed by atoms with Crippen molar-refractivity contribution in [2.24, 2.45) is 5.41 Å². The molecule has 0 aliphatic rings. The minimum atomic E-state index is -0.392. The van der Waals surface area contributed by atoms with Gasteiger partial charge in [0.15, 0.2) is 0 Å². The van der Waals surface area contributed by atoms with Crippen molar-refractivity contribution in [3.8, 4) is 11.6 Å². The average molecular weight is 298 g/mol. The molecule has 0 aliphatic carbocycles. The van der Waals surface area contributed by atoms with Gasteiger partial charge in [-0.1, -0.05) is 38.5 Å². The number of amides is 1. The Labute approximate surface area is 131 Å². The van der Waals surface area contributed by atoms with E-state index in [0.29, 0.717) is 11.6 Å². The SMILES string of the molecule is CCC(C)(C)C(=O)Nc1ccc(Oc2ccc(C)cc2)nc1. The van der Waals surface area contributed by atoms with Crippen LogP contribution in [0, 0.1) is 12.3 Å². The van der Waals surface area contributed by atoms with E-state index in [-0.39, 0.29) is 5.91 Å². The lowest BCUT2D eigenvalue weighted by molar-refractivity contribution is -0.124. The molecule has 0 saturated carbocycles. The van der Waals surface area contributed by atoms with Gasteiger partial charge >= 0.3 is 0 Å². The lowest BCUT2D eigenvalue weighted by atomic mass is 9.89. The minimum absolute atomic E-state index is 0.0102. The van der Waals surface area contributed by atoms with Crippen LogP contribution in [0.25, 0.3) is 0 Å². The molecular formula is C18H22N2O2. The second-order valence-electron chi connectivity index (χ2n) is 5.99. The van der Waals surface area contributed by atoms with Crippen molar-refractivity contribution in [2.45, 2.75) is 34.1 Å². The summed E-state index contributed by atoms with van der Waals surface area (Å²) < 4.78 is 5.66. The number of hydrogen-bond donors (Lipinski definition) is 1. The molecule has 1 aromatic carbocycles. The molecule has 0 fully saturated rings. The van der Waals surface area contributed by atoms with Crippen LogP contribution in [0.3, 0.4) is 0 Å². The Morgan fingerprint density at radius 3 is 2.41 bits per heavy atom. The zero-order chi connectivity index (χ0) is 16.2. The third kappa shape index (κ3) is 4.07. The summed E-state index contributed by atoms with van der Waals surface area (Å²) >= 11 is 0. The number of benzene rings is 1. The fraction of sp³-hybridized carbons (Fsp3) is 0.333. The first-order valence-electron chi connectivity index (χ1n) is 7.43. The highest BCUT2D eigenvalue weighted by Crippen LogP contribution is 2.24. The van der Waals surface area contributed by atoms with Gasteiger partial charge in [0.2, 0.25) is 11.8 Å². The first kappa shape index (κ1) is 16.0. The Bertz CT molecular complexity index is 631. The molecule has 1 heterocycles. The number of hydrogen-bond acceptors (Lipinski definition) is 3. The van der Waals surface area contributed by atoms with Crippen molar-refractivity contribution >= 4 is 11.6 Å². The van der Waals surface area contributed by atoms with Crippen LogP contribution >= 0.6 is 0 Å². The molecule has 0 aliphatic heterocycles. The summed E-state index contributed by atoms with van der Waals surface area (Å²) in [6.07, 6.45) is 2.38. The standard InChI is InChI=1S/C18H22N2O2/c1-5-18(3,4)17(21)20-14-8-11-16(19-12-14)22-15-9-6-13(2)7-10-15/h6-12H,5H2,1-4H3,(H,20,21). The molecule has 2 rings (SSSR count). The van der Waals surface area contributed by atoms with Crippen LogP contribution in [-0.2, 0) is 4.79 Å². The number of aryl methyl sites for hydroxylation is 1. The van der Waals surface area contributed by atoms with Gasteiger partial charge in [-0.15, -0.1) is 0 Å². The molecule has 0 saturated heterocycles. The van der Waals surface area contributed by atoms with E-state index in [1.54, 1.807) is 18.3 Å². The number of rotatable bonds is 5. The number of nitrogens with zero attached hydrogens (tertiary/aromatic N) is 1. The molecule has 0 bridgehead atoms. The highest BCUT2D eigenvalue weighted by Gasteiger charge is 2.25. The summed E-state index contributed by atoms with van der Waals surface area (Å²) in [5, 5.41) is 2.87. The Balaban J connectivity index is 2.01. The van der Waals surface area contributed by atoms with E-state index >= 15 is 0 Å². The van der Waals surface area contributed by atoms with Crippen LogP contribution in [0.1, 0.15) is 32.8 Å². The highest BCUT2D eigenvalue weighted by atomic mass is 16.5. The summed E-state index contributed by atoms with van der Waals surface area (Å²) in [4.78, 5) is 16.3. The van der Waals surface area contributed by atoms with Gasteiger partial charge in [-0.05, 0) is 31.5 Å². The average Bonchev–Trinajstić information content (AvgIpc) is 2.51. The van der Waals surface area contributed by atoms with Crippen LogP contribution in [-0.4, -0.2) is 10.9 Å². The number of aromatic nitrogens is 1. The summed E-state index contributed by atoms with van der Waals surface area (Å²) in [5.74, 6) is 1.22. The molecule has 4 nitrogen and oxygen atoms in total. The van der Waals surface area contributed by atoms with Gasteiger partial charge in [-0.2, -0.15) is 0 Å². The topological polar surface area (TPSA) is 51.2 Å².